The van der Waals surface area contributed by atoms with Crippen LogP contribution in [0, 0.1) is 0 Å². The summed E-state index contributed by atoms with van der Waals surface area (Å²) >= 11 is 0. The van der Waals surface area contributed by atoms with Gasteiger partial charge in [0.25, 0.3) is 5.91 Å². The Bertz CT molecular complexity index is 443. The van der Waals surface area contributed by atoms with E-state index in [9.17, 15) is 9.59 Å². The predicted molar refractivity (Wildman–Crippen MR) is 75.9 cm³/mol. The lowest BCUT2D eigenvalue weighted by atomic mass is 10.1. The Labute approximate surface area is 119 Å². The highest BCUT2D eigenvalue weighted by atomic mass is 16.4. The second-order valence-corrected chi connectivity index (χ2v) is 4.77. The van der Waals surface area contributed by atoms with Gasteiger partial charge >= 0.3 is 5.97 Å². The van der Waals surface area contributed by atoms with E-state index in [-0.39, 0.29) is 5.76 Å². The zero-order chi connectivity index (χ0) is 15.1. The van der Waals surface area contributed by atoms with Gasteiger partial charge in [-0.25, -0.2) is 4.79 Å². The lowest BCUT2D eigenvalue weighted by Crippen LogP contribution is -2.40. The third kappa shape index (κ3) is 4.11. The first-order chi connectivity index (χ1) is 9.53. The first-order valence-corrected chi connectivity index (χ1v) is 7.18. The average Bonchev–Trinajstić information content (AvgIpc) is 2.86. The fraction of sp³-hybridized carbons (Fsp3) is 0.600. The van der Waals surface area contributed by atoms with Gasteiger partial charge in [0.05, 0.1) is 0 Å². The second-order valence-electron chi connectivity index (χ2n) is 4.77. The number of carboxylic acids is 1. The monoisotopic (exact) mass is 281 g/mol. The minimum absolute atomic E-state index is 0.196. The molecule has 0 bridgehead atoms. The van der Waals surface area contributed by atoms with Gasteiger partial charge in [0.2, 0.25) is 0 Å². The number of aliphatic carboxylic acids is 1. The van der Waals surface area contributed by atoms with Crippen LogP contribution in [-0.2, 0) is 17.6 Å². The summed E-state index contributed by atoms with van der Waals surface area (Å²) in [4.78, 5) is 23.2. The molecule has 0 saturated heterocycles. The standard InChI is InChI=1S/C15H23NO4/c1-4-7-8-11(15(18)19)16-14(17)13-9-10(5-2)12(6-3)20-13/h9,11H,4-8H2,1-3H3,(H,16,17)(H,18,19)/t11-/m0/s1. The topological polar surface area (TPSA) is 79.5 Å². The van der Waals surface area contributed by atoms with E-state index in [4.69, 9.17) is 9.52 Å². The molecule has 0 unspecified atom stereocenters. The third-order valence-corrected chi connectivity index (χ3v) is 3.27. The van der Waals surface area contributed by atoms with Crippen LogP contribution in [0.15, 0.2) is 10.5 Å². The molecule has 0 spiro atoms. The number of carbonyl (C=O) groups excluding carboxylic acids is 1. The summed E-state index contributed by atoms with van der Waals surface area (Å²) in [6.45, 7) is 5.93. The SMILES string of the molecule is CCCC[C@H](NC(=O)c1cc(CC)c(CC)o1)C(=O)O. The number of carboxylic acid groups (broad SMARTS) is 1. The third-order valence-electron chi connectivity index (χ3n) is 3.27. The van der Waals surface area contributed by atoms with Crippen LogP contribution in [0.2, 0.25) is 0 Å². The molecule has 5 nitrogen and oxygen atoms in total. The Morgan fingerprint density at radius 3 is 2.45 bits per heavy atom. The normalized spacial score (nSPS) is 12.2. The van der Waals surface area contributed by atoms with Crippen molar-refractivity contribution in [3.05, 3.63) is 23.2 Å². The molecule has 0 aliphatic heterocycles. The van der Waals surface area contributed by atoms with Crippen molar-refractivity contribution in [2.45, 2.75) is 58.9 Å². The number of carbonyl (C=O) groups is 2. The maximum atomic E-state index is 12.1. The molecule has 0 saturated carbocycles. The molecular formula is C15H23NO4. The van der Waals surface area contributed by atoms with Crippen molar-refractivity contribution >= 4 is 11.9 Å². The molecule has 1 atom stereocenters. The van der Waals surface area contributed by atoms with Crippen LogP contribution in [0.3, 0.4) is 0 Å². The smallest absolute Gasteiger partial charge is 0.326 e. The molecule has 1 heterocycles. The van der Waals surface area contributed by atoms with Gasteiger partial charge in [0.1, 0.15) is 11.8 Å². The lowest BCUT2D eigenvalue weighted by Gasteiger charge is -2.12. The number of rotatable bonds is 8. The average molecular weight is 281 g/mol. The van der Waals surface area contributed by atoms with Gasteiger partial charge in [0, 0.05) is 6.42 Å². The largest absolute Gasteiger partial charge is 0.480 e. The number of unbranched alkanes of at least 4 members (excludes halogenated alkanes) is 1. The highest BCUT2D eigenvalue weighted by Crippen LogP contribution is 2.17. The van der Waals surface area contributed by atoms with Crippen LogP contribution in [0.1, 0.15) is 61.9 Å². The highest BCUT2D eigenvalue weighted by Gasteiger charge is 2.22. The van der Waals surface area contributed by atoms with Gasteiger partial charge in [-0.15, -0.1) is 0 Å². The number of hydrogen-bond acceptors (Lipinski definition) is 3. The van der Waals surface area contributed by atoms with Crippen LogP contribution in [-0.4, -0.2) is 23.0 Å². The fourth-order valence-electron chi connectivity index (χ4n) is 2.07. The molecule has 0 fully saturated rings. The molecule has 2 N–H and O–H groups in total. The fourth-order valence-corrected chi connectivity index (χ4v) is 2.07. The summed E-state index contributed by atoms with van der Waals surface area (Å²) in [5.74, 6) is -0.479. The first kappa shape index (κ1) is 16.3. The molecule has 1 aromatic heterocycles. The van der Waals surface area contributed by atoms with Crippen LogP contribution >= 0.6 is 0 Å². The van der Waals surface area contributed by atoms with Crippen molar-refractivity contribution in [3.63, 3.8) is 0 Å². The highest BCUT2D eigenvalue weighted by molar-refractivity contribution is 5.94. The Morgan fingerprint density at radius 1 is 1.30 bits per heavy atom. The molecule has 0 radical (unpaired) electrons. The first-order valence-electron chi connectivity index (χ1n) is 7.18. The van der Waals surface area contributed by atoms with Gasteiger partial charge in [-0.3, -0.25) is 4.79 Å². The molecule has 5 heteroatoms. The number of nitrogens with one attached hydrogen (secondary N) is 1. The minimum atomic E-state index is -1.01. The number of hydrogen-bond donors (Lipinski definition) is 2. The molecule has 1 aromatic rings. The van der Waals surface area contributed by atoms with Gasteiger partial charge < -0.3 is 14.8 Å². The van der Waals surface area contributed by atoms with Crippen LogP contribution < -0.4 is 5.32 Å². The predicted octanol–water partition coefficient (Wildman–Crippen LogP) is 2.78. The van der Waals surface area contributed by atoms with Gasteiger partial charge in [-0.2, -0.15) is 0 Å². The minimum Gasteiger partial charge on any atom is -0.480 e. The van der Waals surface area contributed by atoms with Crippen molar-refractivity contribution in [2.75, 3.05) is 0 Å². The van der Waals surface area contributed by atoms with Gasteiger partial charge in [0.15, 0.2) is 5.76 Å². The van der Waals surface area contributed by atoms with E-state index in [0.717, 1.165) is 30.6 Å². The number of aryl methyl sites for hydroxylation is 2. The van der Waals surface area contributed by atoms with Crippen molar-refractivity contribution in [1.82, 2.24) is 5.32 Å². The Kier molecular flexibility index (Phi) is 6.28. The van der Waals surface area contributed by atoms with Crippen molar-refractivity contribution in [1.29, 1.82) is 0 Å². The Hall–Kier alpha value is -1.78. The summed E-state index contributed by atoms with van der Waals surface area (Å²) in [6.07, 6.45) is 3.59. The summed E-state index contributed by atoms with van der Waals surface area (Å²) in [5.41, 5.74) is 0.998. The van der Waals surface area contributed by atoms with Crippen molar-refractivity contribution < 1.29 is 19.1 Å². The van der Waals surface area contributed by atoms with E-state index in [0.29, 0.717) is 12.8 Å². The molecule has 0 aromatic carbocycles. The molecule has 1 rings (SSSR count). The Morgan fingerprint density at radius 2 is 2.00 bits per heavy atom. The maximum absolute atomic E-state index is 12.1. The Balaban J connectivity index is 2.78. The summed E-state index contributed by atoms with van der Waals surface area (Å²) < 4.78 is 5.50. The summed E-state index contributed by atoms with van der Waals surface area (Å²) in [6, 6.07) is 0.843. The van der Waals surface area contributed by atoms with Crippen molar-refractivity contribution in [3.8, 4) is 0 Å². The van der Waals surface area contributed by atoms with E-state index < -0.39 is 17.9 Å². The molecule has 112 valence electrons. The molecule has 0 aliphatic rings. The van der Waals surface area contributed by atoms with E-state index in [1.54, 1.807) is 6.07 Å². The number of furan rings is 1. The molecule has 0 aliphatic carbocycles. The van der Waals surface area contributed by atoms with Crippen LogP contribution in [0.4, 0.5) is 0 Å². The van der Waals surface area contributed by atoms with Crippen LogP contribution in [0.25, 0.3) is 0 Å². The van der Waals surface area contributed by atoms with Crippen LogP contribution in [0.5, 0.6) is 0 Å². The zero-order valence-corrected chi connectivity index (χ0v) is 12.4. The second kappa shape index (κ2) is 7.72. The van der Waals surface area contributed by atoms with Gasteiger partial charge in [-0.05, 0) is 24.5 Å². The lowest BCUT2D eigenvalue weighted by molar-refractivity contribution is -0.139. The van der Waals surface area contributed by atoms with E-state index >= 15 is 0 Å². The van der Waals surface area contributed by atoms with Crippen molar-refractivity contribution in [2.24, 2.45) is 0 Å². The maximum Gasteiger partial charge on any atom is 0.326 e. The summed E-state index contributed by atoms with van der Waals surface area (Å²) in [5, 5.41) is 11.6. The summed E-state index contributed by atoms with van der Waals surface area (Å²) in [7, 11) is 0. The van der Waals surface area contributed by atoms with E-state index in [1.165, 1.54) is 0 Å². The van der Waals surface area contributed by atoms with Gasteiger partial charge in [-0.1, -0.05) is 33.6 Å². The molecule has 20 heavy (non-hydrogen) atoms. The van der Waals surface area contributed by atoms with E-state index in [1.807, 2.05) is 20.8 Å². The number of amides is 1. The quantitative estimate of drug-likeness (QED) is 0.768. The van der Waals surface area contributed by atoms with E-state index in [2.05, 4.69) is 5.32 Å². The molecular weight excluding hydrogens is 258 g/mol. The molecule has 1 amide bonds. The zero-order valence-electron chi connectivity index (χ0n) is 12.4.